The molecule has 1 atom stereocenters. The third-order valence-corrected chi connectivity index (χ3v) is 4.85. The number of hydrogen-bond acceptors (Lipinski definition) is 3. The van der Waals surface area contributed by atoms with Gasteiger partial charge in [0.2, 0.25) is 0 Å². The van der Waals surface area contributed by atoms with Crippen molar-refractivity contribution in [2.45, 2.75) is 25.0 Å². The highest BCUT2D eigenvalue weighted by Gasteiger charge is 2.25. The number of hydrogen-bond donors (Lipinski definition) is 1. The lowest BCUT2D eigenvalue weighted by Crippen LogP contribution is -2.48. The second-order valence-corrected chi connectivity index (χ2v) is 6.53. The smallest absolute Gasteiger partial charge is 0.317 e. The largest absolute Gasteiger partial charge is 0.486 e. The van der Waals surface area contributed by atoms with Crippen LogP contribution in [0.3, 0.4) is 0 Å². The summed E-state index contributed by atoms with van der Waals surface area (Å²) in [5.41, 5.74) is 0. The molecule has 2 amide bonds. The Morgan fingerprint density at radius 2 is 1.80 bits per heavy atom. The summed E-state index contributed by atoms with van der Waals surface area (Å²) in [6, 6.07) is 12.2. The first-order valence-corrected chi connectivity index (χ1v) is 8.83. The zero-order valence-corrected chi connectivity index (χ0v) is 14.1. The second kappa shape index (κ2) is 7.09. The fraction of sp³-hybridized carbons (Fsp3) is 0.421. The highest BCUT2D eigenvalue weighted by molar-refractivity contribution is 5.74. The number of amides is 2. The maximum absolute atomic E-state index is 12.4. The van der Waals surface area contributed by atoms with Crippen LogP contribution in [0.2, 0.25) is 0 Å². The minimum Gasteiger partial charge on any atom is -0.486 e. The van der Waals surface area contributed by atoms with Gasteiger partial charge in [0.05, 0.1) is 6.54 Å². The lowest BCUT2D eigenvalue weighted by atomic mass is 10.1. The van der Waals surface area contributed by atoms with Crippen LogP contribution in [-0.2, 0) is 0 Å². The van der Waals surface area contributed by atoms with Crippen molar-refractivity contribution < 1.29 is 14.3 Å². The molecule has 0 saturated carbocycles. The van der Waals surface area contributed by atoms with E-state index in [-0.39, 0.29) is 12.1 Å². The number of nitrogens with one attached hydrogen (secondary N) is 1. The molecule has 0 radical (unpaired) electrons. The molecular weight excluding hydrogens is 318 g/mol. The highest BCUT2D eigenvalue weighted by Crippen LogP contribution is 2.30. The number of para-hydroxylation sites is 2. The van der Waals surface area contributed by atoms with Crippen LogP contribution in [0.1, 0.15) is 18.9 Å². The van der Waals surface area contributed by atoms with Gasteiger partial charge in [-0.05, 0) is 37.1 Å². The Morgan fingerprint density at radius 3 is 2.56 bits per heavy atom. The van der Waals surface area contributed by atoms with Gasteiger partial charge in [-0.1, -0.05) is 12.1 Å². The van der Waals surface area contributed by atoms with Crippen molar-refractivity contribution in [2.24, 2.45) is 0 Å². The predicted octanol–water partition coefficient (Wildman–Crippen LogP) is 2.67. The number of fused-ring (bicyclic) bond motifs is 1. The van der Waals surface area contributed by atoms with E-state index >= 15 is 0 Å². The number of aromatic nitrogens is 1. The highest BCUT2D eigenvalue weighted by atomic mass is 16.6. The summed E-state index contributed by atoms with van der Waals surface area (Å²) < 4.78 is 13.8. The lowest BCUT2D eigenvalue weighted by Gasteiger charge is -2.33. The molecule has 132 valence electrons. The summed E-state index contributed by atoms with van der Waals surface area (Å²) >= 11 is 0. The van der Waals surface area contributed by atoms with Gasteiger partial charge in [-0.3, -0.25) is 0 Å². The number of rotatable bonds is 3. The number of benzene rings is 1. The lowest BCUT2D eigenvalue weighted by molar-refractivity contribution is 0.0892. The van der Waals surface area contributed by atoms with E-state index < -0.39 is 0 Å². The van der Waals surface area contributed by atoms with Gasteiger partial charge in [0.25, 0.3) is 0 Å². The molecule has 0 unspecified atom stereocenters. The van der Waals surface area contributed by atoms with E-state index in [1.54, 1.807) is 0 Å². The van der Waals surface area contributed by atoms with Gasteiger partial charge in [0.15, 0.2) is 17.6 Å². The van der Waals surface area contributed by atoms with Gasteiger partial charge < -0.3 is 24.3 Å². The van der Waals surface area contributed by atoms with Gasteiger partial charge in [0.1, 0.15) is 6.61 Å². The summed E-state index contributed by atoms with van der Waals surface area (Å²) in [7, 11) is 0. The van der Waals surface area contributed by atoms with E-state index in [1.165, 1.54) is 0 Å². The van der Waals surface area contributed by atoms with Crippen LogP contribution in [-0.4, -0.2) is 47.8 Å². The molecule has 2 aromatic rings. The fourth-order valence-electron chi connectivity index (χ4n) is 3.43. The average molecular weight is 341 g/mol. The molecular formula is C19H23N3O3. The molecule has 6 nitrogen and oxygen atoms in total. The van der Waals surface area contributed by atoms with Gasteiger partial charge >= 0.3 is 6.03 Å². The van der Waals surface area contributed by atoms with Gasteiger partial charge in [-0.2, -0.15) is 0 Å². The Kier molecular flexibility index (Phi) is 4.50. The van der Waals surface area contributed by atoms with E-state index in [0.717, 1.165) is 37.4 Å². The third kappa shape index (κ3) is 3.57. The van der Waals surface area contributed by atoms with Crippen molar-refractivity contribution in [1.82, 2.24) is 14.8 Å². The number of nitrogens with zero attached hydrogens (tertiary/aromatic N) is 2. The summed E-state index contributed by atoms with van der Waals surface area (Å²) in [5, 5.41) is 2.98. The van der Waals surface area contributed by atoms with Crippen molar-refractivity contribution >= 4 is 6.03 Å². The molecule has 4 rings (SSSR count). The molecule has 25 heavy (non-hydrogen) atoms. The van der Waals surface area contributed by atoms with Crippen molar-refractivity contribution in [3.63, 3.8) is 0 Å². The Bertz CT molecular complexity index is 708. The van der Waals surface area contributed by atoms with Gasteiger partial charge in [-0.25, -0.2) is 4.79 Å². The summed E-state index contributed by atoms with van der Waals surface area (Å²) in [5.74, 6) is 1.50. The quantitative estimate of drug-likeness (QED) is 0.934. The maximum atomic E-state index is 12.4. The molecule has 6 heteroatoms. The number of piperidine rings is 1. The van der Waals surface area contributed by atoms with E-state index in [1.807, 2.05) is 41.3 Å². The molecule has 1 aromatic carbocycles. The van der Waals surface area contributed by atoms with Crippen molar-refractivity contribution in [3.8, 4) is 11.5 Å². The predicted molar refractivity (Wildman–Crippen MR) is 94.0 cm³/mol. The van der Waals surface area contributed by atoms with Crippen LogP contribution >= 0.6 is 0 Å². The molecule has 1 fully saturated rings. The van der Waals surface area contributed by atoms with Gasteiger partial charge in [0, 0.05) is 31.5 Å². The number of urea groups is 1. The maximum Gasteiger partial charge on any atom is 0.317 e. The van der Waals surface area contributed by atoms with Crippen LogP contribution in [0.4, 0.5) is 4.79 Å². The Hall–Kier alpha value is -2.63. The third-order valence-electron chi connectivity index (χ3n) is 4.85. The topological polar surface area (TPSA) is 55.7 Å². The Balaban J connectivity index is 1.24. The van der Waals surface area contributed by atoms with Crippen LogP contribution in [0.15, 0.2) is 48.8 Å². The Morgan fingerprint density at radius 1 is 1.08 bits per heavy atom. The summed E-state index contributed by atoms with van der Waals surface area (Å²) in [4.78, 5) is 14.3. The first kappa shape index (κ1) is 15.9. The van der Waals surface area contributed by atoms with Crippen molar-refractivity contribution in [1.29, 1.82) is 0 Å². The number of carbonyl (C=O) groups is 1. The fourth-order valence-corrected chi connectivity index (χ4v) is 3.43. The zero-order chi connectivity index (χ0) is 17.1. The van der Waals surface area contributed by atoms with Gasteiger partial charge in [-0.15, -0.1) is 0 Å². The summed E-state index contributed by atoms with van der Waals surface area (Å²) in [6.45, 7) is 2.46. The van der Waals surface area contributed by atoms with Crippen molar-refractivity contribution in [3.05, 3.63) is 48.8 Å². The van der Waals surface area contributed by atoms with Crippen LogP contribution in [0.5, 0.6) is 11.5 Å². The number of carbonyl (C=O) groups excluding carboxylic acids is 1. The molecule has 0 spiro atoms. The molecule has 0 bridgehead atoms. The molecule has 1 aromatic heterocycles. The van der Waals surface area contributed by atoms with Crippen LogP contribution in [0, 0.1) is 0 Å². The van der Waals surface area contributed by atoms with Crippen molar-refractivity contribution in [2.75, 3.05) is 26.2 Å². The monoisotopic (exact) mass is 341 g/mol. The molecule has 1 saturated heterocycles. The number of likely N-dealkylation sites (tertiary alicyclic amines) is 1. The molecule has 2 aliphatic rings. The minimum absolute atomic E-state index is 0.0200. The Labute approximate surface area is 147 Å². The average Bonchev–Trinajstić information content (AvgIpc) is 3.21. The first-order valence-electron chi connectivity index (χ1n) is 8.83. The van der Waals surface area contributed by atoms with Crippen LogP contribution < -0.4 is 14.8 Å². The zero-order valence-electron chi connectivity index (χ0n) is 14.1. The minimum atomic E-state index is -0.156. The number of ether oxygens (including phenoxy) is 2. The van der Waals surface area contributed by atoms with E-state index in [4.69, 9.17) is 9.47 Å². The van der Waals surface area contributed by atoms with E-state index in [9.17, 15) is 4.79 Å². The molecule has 1 N–H and O–H groups in total. The normalized spacial score (nSPS) is 20.3. The molecule has 3 heterocycles. The van der Waals surface area contributed by atoms with E-state index in [2.05, 4.69) is 22.3 Å². The van der Waals surface area contributed by atoms with Crippen LogP contribution in [0.25, 0.3) is 0 Å². The standard InChI is InChI=1S/C19H23N3O3/c23-19(22-11-7-15(8-12-22)21-9-3-4-10-21)20-13-16-14-24-17-5-1-2-6-18(17)25-16/h1-6,9-10,15-16H,7-8,11-14H2,(H,20,23)/t16-/m0/s1. The molecule has 0 aliphatic carbocycles. The van der Waals surface area contributed by atoms with E-state index in [0.29, 0.717) is 19.2 Å². The SMILES string of the molecule is O=C(NC[C@H]1COc2ccccc2O1)N1CCC(n2cccc2)CC1. The first-order chi connectivity index (χ1) is 12.3. The second-order valence-electron chi connectivity index (χ2n) is 6.53. The molecule has 2 aliphatic heterocycles. The summed E-state index contributed by atoms with van der Waals surface area (Å²) in [6.07, 6.45) is 6.00.